The fraction of sp³-hybridized carbons (Fsp3) is 0.409. The minimum atomic E-state index is 0.0761. The van der Waals surface area contributed by atoms with Crippen molar-refractivity contribution in [3.05, 3.63) is 59.3 Å². The lowest BCUT2D eigenvalue weighted by molar-refractivity contribution is -0.135. The molecule has 30 heavy (non-hydrogen) atoms. The van der Waals surface area contributed by atoms with Crippen molar-refractivity contribution in [1.29, 1.82) is 0 Å². The Labute approximate surface area is 180 Å². The molecule has 0 aliphatic carbocycles. The summed E-state index contributed by atoms with van der Waals surface area (Å²) in [6, 6.07) is 11.2. The van der Waals surface area contributed by atoms with E-state index in [9.17, 15) is 4.79 Å². The number of furan rings is 1. The molecule has 0 saturated carbocycles. The predicted molar refractivity (Wildman–Crippen MR) is 113 cm³/mol. The summed E-state index contributed by atoms with van der Waals surface area (Å²) in [6.45, 7) is 2.46. The molecule has 0 bridgehead atoms. The Morgan fingerprint density at radius 3 is 2.70 bits per heavy atom. The topological polar surface area (TPSA) is 75.6 Å². The summed E-state index contributed by atoms with van der Waals surface area (Å²) in [5.74, 6) is 1.82. The quantitative estimate of drug-likeness (QED) is 0.565. The molecule has 1 fully saturated rings. The average molecular weight is 429 g/mol. The van der Waals surface area contributed by atoms with Gasteiger partial charge in [0, 0.05) is 29.5 Å². The molecule has 1 saturated heterocycles. The van der Waals surface area contributed by atoms with E-state index in [0.717, 1.165) is 37.3 Å². The van der Waals surface area contributed by atoms with Gasteiger partial charge < -0.3 is 18.7 Å². The van der Waals surface area contributed by atoms with E-state index in [-0.39, 0.29) is 11.9 Å². The minimum Gasteiger partial charge on any atom is -0.467 e. The lowest BCUT2D eigenvalue weighted by atomic mass is 10.0. The number of carbonyl (C=O) groups excluding carboxylic acids is 1. The molecule has 1 aliphatic heterocycles. The summed E-state index contributed by atoms with van der Waals surface area (Å²) in [5, 5.41) is 4.67. The van der Waals surface area contributed by atoms with Crippen LogP contribution in [-0.2, 0) is 17.8 Å². The highest BCUT2D eigenvalue weighted by molar-refractivity contribution is 6.30. The summed E-state index contributed by atoms with van der Waals surface area (Å²) in [4.78, 5) is 21.8. The van der Waals surface area contributed by atoms with Gasteiger partial charge in [-0.1, -0.05) is 16.8 Å². The average Bonchev–Trinajstić information content (AvgIpc) is 3.44. The van der Waals surface area contributed by atoms with Crippen molar-refractivity contribution in [2.24, 2.45) is 0 Å². The molecule has 0 spiro atoms. The molecular weight excluding hydrogens is 404 g/mol. The van der Waals surface area contributed by atoms with Crippen molar-refractivity contribution < 1.29 is 13.7 Å². The number of likely N-dealkylation sites (tertiary alicyclic amines) is 1. The predicted octanol–water partition coefficient (Wildman–Crippen LogP) is 4.04. The highest BCUT2D eigenvalue weighted by Crippen LogP contribution is 2.22. The number of aromatic nitrogens is 2. The van der Waals surface area contributed by atoms with Crippen LogP contribution in [0.3, 0.4) is 0 Å². The Kier molecular flexibility index (Phi) is 6.50. The van der Waals surface area contributed by atoms with Crippen LogP contribution in [0.15, 0.2) is 51.6 Å². The molecule has 7 nitrogen and oxygen atoms in total. The van der Waals surface area contributed by atoms with E-state index in [2.05, 4.69) is 22.1 Å². The minimum absolute atomic E-state index is 0.0761. The van der Waals surface area contributed by atoms with Gasteiger partial charge >= 0.3 is 0 Å². The standard InChI is InChI=1S/C22H25ClN4O3/c1-26-12-10-18(11-13-26)27(15-19-3-2-14-29-19)21(28)9-8-20-24-22(25-30-20)16-4-6-17(23)7-5-16/h2-7,14,18H,8-13,15H2,1H3. The van der Waals surface area contributed by atoms with E-state index in [0.29, 0.717) is 36.1 Å². The van der Waals surface area contributed by atoms with Crippen LogP contribution in [-0.4, -0.2) is 52.0 Å². The summed E-state index contributed by atoms with van der Waals surface area (Å²) in [7, 11) is 2.11. The van der Waals surface area contributed by atoms with Gasteiger partial charge in [-0.2, -0.15) is 4.98 Å². The van der Waals surface area contributed by atoms with E-state index >= 15 is 0 Å². The van der Waals surface area contributed by atoms with E-state index in [4.69, 9.17) is 20.5 Å². The Bertz CT molecular complexity index is 947. The third-order valence-electron chi connectivity index (χ3n) is 5.48. The number of rotatable bonds is 7. The number of benzene rings is 1. The van der Waals surface area contributed by atoms with Crippen LogP contribution >= 0.6 is 11.6 Å². The first-order valence-electron chi connectivity index (χ1n) is 10.2. The number of aryl methyl sites for hydroxylation is 1. The molecule has 0 N–H and O–H groups in total. The zero-order valence-electron chi connectivity index (χ0n) is 17.0. The molecule has 3 aromatic rings. The molecule has 3 heterocycles. The zero-order valence-corrected chi connectivity index (χ0v) is 17.7. The van der Waals surface area contributed by atoms with E-state index in [1.807, 2.05) is 29.2 Å². The molecule has 0 unspecified atom stereocenters. The van der Waals surface area contributed by atoms with Crippen LogP contribution in [0, 0.1) is 0 Å². The van der Waals surface area contributed by atoms with Crippen molar-refractivity contribution in [2.45, 2.75) is 38.3 Å². The Morgan fingerprint density at radius 2 is 2.00 bits per heavy atom. The van der Waals surface area contributed by atoms with Gasteiger partial charge in [0.25, 0.3) is 0 Å². The molecule has 0 radical (unpaired) electrons. The van der Waals surface area contributed by atoms with Crippen LogP contribution in [0.5, 0.6) is 0 Å². The van der Waals surface area contributed by atoms with Crippen molar-refractivity contribution in [3.8, 4) is 11.4 Å². The Morgan fingerprint density at radius 1 is 1.23 bits per heavy atom. The van der Waals surface area contributed by atoms with Gasteiger partial charge in [0.2, 0.25) is 17.6 Å². The molecule has 158 valence electrons. The maximum Gasteiger partial charge on any atom is 0.227 e. The van der Waals surface area contributed by atoms with Crippen molar-refractivity contribution in [3.63, 3.8) is 0 Å². The largest absolute Gasteiger partial charge is 0.467 e. The van der Waals surface area contributed by atoms with Crippen LogP contribution in [0.2, 0.25) is 5.02 Å². The molecule has 1 amide bonds. The van der Waals surface area contributed by atoms with E-state index in [1.54, 1.807) is 18.4 Å². The number of nitrogens with zero attached hydrogens (tertiary/aromatic N) is 4. The van der Waals surface area contributed by atoms with Gasteiger partial charge in [0.1, 0.15) is 5.76 Å². The third kappa shape index (κ3) is 5.09. The van der Waals surface area contributed by atoms with Gasteiger partial charge in [0.15, 0.2) is 0 Å². The maximum atomic E-state index is 13.1. The van der Waals surface area contributed by atoms with Gasteiger partial charge in [-0.25, -0.2) is 0 Å². The molecule has 0 atom stereocenters. The molecule has 4 rings (SSSR count). The van der Waals surface area contributed by atoms with Crippen molar-refractivity contribution in [2.75, 3.05) is 20.1 Å². The first kappa shape index (κ1) is 20.6. The fourth-order valence-electron chi connectivity index (χ4n) is 3.73. The summed E-state index contributed by atoms with van der Waals surface area (Å²) in [5.41, 5.74) is 0.825. The van der Waals surface area contributed by atoms with E-state index in [1.165, 1.54) is 0 Å². The second-order valence-electron chi connectivity index (χ2n) is 7.65. The number of amides is 1. The highest BCUT2D eigenvalue weighted by atomic mass is 35.5. The lowest BCUT2D eigenvalue weighted by Crippen LogP contribution is -2.46. The fourth-order valence-corrected chi connectivity index (χ4v) is 3.85. The summed E-state index contributed by atoms with van der Waals surface area (Å²) >= 11 is 5.93. The van der Waals surface area contributed by atoms with Crippen LogP contribution in [0.1, 0.15) is 30.9 Å². The van der Waals surface area contributed by atoms with E-state index < -0.39 is 0 Å². The summed E-state index contributed by atoms with van der Waals surface area (Å²) in [6.07, 6.45) is 4.29. The normalized spacial score (nSPS) is 15.4. The number of halogens is 1. The number of carbonyl (C=O) groups is 1. The molecule has 2 aromatic heterocycles. The second kappa shape index (κ2) is 9.45. The Hall–Kier alpha value is -2.64. The molecule has 1 aromatic carbocycles. The molecule has 1 aliphatic rings. The third-order valence-corrected chi connectivity index (χ3v) is 5.73. The summed E-state index contributed by atoms with van der Waals surface area (Å²) < 4.78 is 10.8. The highest BCUT2D eigenvalue weighted by Gasteiger charge is 2.28. The van der Waals surface area contributed by atoms with Gasteiger partial charge in [0.05, 0.1) is 12.8 Å². The number of hydrogen-bond acceptors (Lipinski definition) is 6. The van der Waals surface area contributed by atoms with Gasteiger partial charge in [-0.3, -0.25) is 4.79 Å². The first-order chi connectivity index (χ1) is 14.6. The van der Waals surface area contributed by atoms with Gasteiger partial charge in [-0.15, -0.1) is 0 Å². The molecular formula is C22H25ClN4O3. The SMILES string of the molecule is CN1CCC(N(Cc2ccco2)C(=O)CCc2nc(-c3ccc(Cl)cc3)no2)CC1. The first-order valence-corrected chi connectivity index (χ1v) is 10.5. The lowest BCUT2D eigenvalue weighted by Gasteiger charge is -2.37. The van der Waals surface area contributed by atoms with Crippen molar-refractivity contribution in [1.82, 2.24) is 19.9 Å². The zero-order chi connectivity index (χ0) is 20.9. The maximum absolute atomic E-state index is 13.1. The van der Waals surface area contributed by atoms with Gasteiger partial charge in [-0.05, 0) is 69.4 Å². The second-order valence-corrected chi connectivity index (χ2v) is 8.09. The number of hydrogen-bond donors (Lipinski definition) is 0. The van der Waals surface area contributed by atoms with Crippen LogP contribution < -0.4 is 0 Å². The Balaban J connectivity index is 1.40. The smallest absolute Gasteiger partial charge is 0.227 e. The monoisotopic (exact) mass is 428 g/mol. The van der Waals surface area contributed by atoms with Crippen molar-refractivity contribution >= 4 is 17.5 Å². The number of piperidine rings is 1. The van der Waals surface area contributed by atoms with Crippen LogP contribution in [0.4, 0.5) is 0 Å². The van der Waals surface area contributed by atoms with Crippen LogP contribution in [0.25, 0.3) is 11.4 Å². The molecule has 8 heteroatoms.